The van der Waals surface area contributed by atoms with Gasteiger partial charge in [0.25, 0.3) is 0 Å². The monoisotopic (exact) mass is 258 g/mol. The summed E-state index contributed by atoms with van der Waals surface area (Å²) < 4.78 is 11.9. The van der Waals surface area contributed by atoms with Crippen molar-refractivity contribution in [1.82, 2.24) is 0 Å². The molecule has 0 aliphatic carbocycles. The highest BCUT2D eigenvalue weighted by Gasteiger charge is 2.43. The van der Waals surface area contributed by atoms with Gasteiger partial charge in [-0.1, -0.05) is 47.0 Å². The lowest BCUT2D eigenvalue weighted by atomic mass is 10.1. The van der Waals surface area contributed by atoms with Crippen molar-refractivity contribution in [2.75, 3.05) is 6.61 Å². The lowest BCUT2D eigenvalue weighted by Gasteiger charge is -2.39. The molecule has 0 aromatic rings. The van der Waals surface area contributed by atoms with Crippen molar-refractivity contribution in [2.45, 2.75) is 83.7 Å². The van der Waals surface area contributed by atoms with E-state index in [0.29, 0.717) is 17.2 Å². The van der Waals surface area contributed by atoms with E-state index in [9.17, 15) is 0 Å². The normalized spacial score (nSPS) is 22.6. The third kappa shape index (κ3) is 4.72. The largest absolute Gasteiger partial charge is 0.411 e. The lowest BCUT2D eigenvalue weighted by Crippen LogP contribution is -2.45. The molecule has 102 valence electrons. The van der Waals surface area contributed by atoms with E-state index in [1.165, 1.54) is 25.7 Å². The summed E-state index contributed by atoms with van der Waals surface area (Å²) in [5.74, 6) is 0. The van der Waals surface area contributed by atoms with Gasteiger partial charge in [-0.3, -0.25) is 0 Å². The zero-order valence-corrected chi connectivity index (χ0v) is 13.5. The Bertz CT molecular complexity index is 229. The summed E-state index contributed by atoms with van der Waals surface area (Å²) in [6, 6.07) is 0. The Morgan fingerprint density at radius 1 is 1.29 bits per heavy atom. The Morgan fingerprint density at radius 2 is 1.88 bits per heavy atom. The average molecular weight is 258 g/mol. The minimum atomic E-state index is -1.63. The third-order valence-electron chi connectivity index (χ3n) is 4.12. The van der Waals surface area contributed by atoms with E-state index < -0.39 is 8.32 Å². The molecule has 1 saturated heterocycles. The van der Waals surface area contributed by atoms with Crippen molar-refractivity contribution < 1.29 is 9.16 Å². The van der Waals surface area contributed by atoms with Crippen LogP contribution in [-0.2, 0) is 9.16 Å². The second-order valence-electron chi connectivity index (χ2n) is 6.78. The van der Waals surface area contributed by atoms with Crippen molar-refractivity contribution in [3.63, 3.8) is 0 Å². The molecule has 2 nitrogen and oxygen atoms in total. The predicted octanol–water partition coefficient (Wildman–Crippen LogP) is 4.36. The molecule has 0 unspecified atom stereocenters. The van der Waals surface area contributed by atoms with Gasteiger partial charge in [0, 0.05) is 0 Å². The molecule has 0 bridgehead atoms. The molecule has 0 aromatic heterocycles. The first-order chi connectivity index (χ1) is 7.78. The van der Waals surface area contributed by atoms with Crippen LogP contribution in [0.3, 0.4) is 0 Å². The first kappa shape index (κ1) is 15.2. The Labute approximate surface area is 108 Å². The van der Waals surface area contributed by atoms with E-state index in [2.05, 4.69) is 40.8 Å². The summed E-state index contributed by atoms with van der Waals surface area (Å²) in [6.07, 6.45) is 5.77. The molecular formula is C14H30O2Si. The van der Waals surface area contributed by atoms with Gasteiger partial charge in [-0.05, 0) is 24.6 Å². The highest BCUT2D eigenvalue weighted by atomic mass is 28.4. The summed E-state index contributed by atoms with van der Waals surface area (Å²) in [4.78, 5) is 0. The zero-order valence-electron chi connectivity index (χ0n) is 12.5. The molecule has 0 spiro atoms. The summed E-state index contributed by atoms with van der Waals surface area (Å²) in [5.41, 5.74) is 0. The predicted molar refractivity (Wildman–Crippen MR) is 76.0 cm³/mol. The maximum Gasteiger partial charge on any atom is 0.192 e. The maximum absolute atomic E-state index is 6.49. The number of ether oxygens (including phenoxy) is 1. The Balaban J connectivity index is 2.48. The summed E-state index contributed by atoms with van der Waals surface area (Å²) >= 11 is 0. The van der Waals surface area contributed by atoms with Gasteiger partial charge in [0.2, 0.25) is 0 Å². The molecule has 1 fully saturated rings. The van der Waals surface area contributed by atoms with Gasteiger partial charge in [-0.15, -0.1) is 0 Å². The summed E-state index contributed by atoms with van der Waals surface area (Å²) in [7, 11) is -1.63. The minimum Gasteiger partial charge on any atom is -0.411 e. The molecule has 1 aliphatic heterocycles. The molecule has 0 saturated carbocycles. The molecule has 1 heterocycles. The van der Waals surface area contributed by atoms with Crippen LogP contribution in [0.5, 0.6) is 0 Å². The van der Waals surface area contributed by atoms with E-state index >= 15 is 0 Å². The Kier molecular flexibility index (Phi) is 5.23. The highest BCUT2D eigenvalue weighted by molar-refractivity contribution is 6.74. The van der Waals surface area contributed by atoms with Crippen molar-refractivity contribution in [1.29, 1.82) is 0 Å². The van der Waals surface area contributed by atoms with Crippen molar-refractivity contribution in [2.24, 2.45) is 0 Å². The van der Waals surface area contributed by atoms with Gasteiger partial charge in [-0.2, -0.15) is 0 Å². The minimum absolute atomic E-state index is 0.297. The van der Waals surface area contributed by atoms with Crippen molar-refractivity contribution in [3.05, 3.63) is 0 Å². The van der Waals surface area contributed by atoms with Crippen molar-refractivity contribution in [3.8, 4) is 0 Å². The number of rotatable bonds is 7. The Morgan fingerprint density at radius 3 is 2.29 bits per heavy atom. The average Bonchev–Trinajstić information content (AvgIpc) is 2.97. The third-order valence-corrected chi connectivity index (χ3v) is 8.62. The molecule has 1 rings (SSSR count). The molecular weight excluding hydrogens is 228 g/mol. The van der Waals surface area contributed by atoms with Crippen LogP contribution in [0, 0.1) is 0 Å². The van der Waals surface area contributed by atoms with Crippen LogP contribution >= 0.6 is 0 Å². The van der Waals surface area contributed by atoms with Crippen LogP contribution in [-0.4, -0.2) is 27.1 Å². The lowest BCUT2D eigenvalue weighted by molar-refractivity contribution is 0.131. The number of unbranched alkanes of at least 4 members (excludes halogenated alkanes) is 2. The van der Waals surface area contributed by atoms with E-state index in [-0.39, 0.29) is 0 Å². The van der Waals surface area contributed by atoms with Crippen LogP contribution in [0.25, 0.3) is 0 Å². The van der Waals surface area contributed by atoms with Gasteiger partial charge < -0.3 is 9.16 Å². The first-order valence-electron chi connectivity index (χ1n) is 7.07. The van der Waals surface area contributed by atoms with Crippen LogP contribution in [0.4, 0.5) is 0 Å². The van der Waals surface area contributed by atoms with E-state index in [0.717, 1.165) is 6.61 Å². The molecule has 0 radical (unpaired) electrons. The quantitative estimate of drug-likeness (QED) is 0.384. The number of hydrogen-bond acceptors (Lipinski definition) is 2. The fourth-order valence-corrected chi connectivity index (χ4v) is 3.12. The van der Waals surface area contributed by atoms with Crippen molar-refractivity contribution >= 4 is 8.32 Å². The molecule has 0 N–H and O–H groups in total. The van der Waals surface area contributed by atoms with E-state index in [1.54, 1.807) is 0 Å². The van der Waals surface area contributed by atoms with Gasteiger partial charge in [-0.25, -0.2) is 0 Å². The van der Waals surface area contributed by atoms with Crippen LogP contribution in [0.2, 0.25) is 18.1 Å². The topological polar surface area (TPSA) is 21.8 Å². The summed E-state index contributed by atoms with van der Waals surface area (Å²) in [5, 5.41) is 0.297. The summed E-state index contributed by atoms with van der Waals surface area (Å²) in [6.45, 7) is 14.7. The Hall–Kier alpha value is 0.137. The number of hydrogen-bond donors (Lipinski definition) is 0. The van der Waals surface area contributed by atoms with Gasteiger partial charge >= 0.3 is 0 Å². The van der Waals surface area contributed by atoms with E-state index in [1.807, 2.05) is 0 Å². The van der Waals surface area contributed by atoms with Gasteiger partial charge in [0.05, 0.1) is 12.7 Å². The fourth-order valence-electron chi connectivity index (χ4n) is 1.74. The first-order valence-corrected chi connectivity index (χ1v) is 9.98. The van der Waals surface area contributed by atoms with E-state index in [4.69, 9.17) is 9.16 Å². The smallest absolute Gasteiger partial charge is 0.192 e. The molecule has 0 amide bonds. The van der Waals surface area contributed by atoms with Crippen LogP contribution in [0.15, 0.2) is 0 Å². The SMILES string of the molecule is CCCCC[C@@H](O[Si](C)(C)C(C)(C)C)[C@@H]1CO1. The molecule has 2 atom stereocenters. The molecule has 3 heteroatoms. The molecule has 1 aliphatic rings. The molecule has 0 aromatic carbocycles. The standard InChI is InChI=1S/C14H30O2Si/c1-7-8-9-10-12(13-11-15-13)16-17(5,6)14(2,3)4/h12-13H,7-11H2,1-6H3/t12-,13+/m1/s1. The van der Waals surface area contributed by atoms with Gasteiger partial charge in [0.1, 0.15) is 6.10 Å². The second kappa shape index (κ2) is 5.85. The van der Waals surface area contributed by atoms with Crippen LogP contribution in [0.1, 0.15) is 53.4 Å². The second-order valence-corrected chi connectivity index (χ2v) is 11.5. The van der Waals surface area contributed by atoms with Gasteiger partial charge in [0.15, 0.2) is 8.32 Å². The highest BCUT2D eigenvalue weighted by Crippen LogP contribution is 2.39. The zero-order chi connectivity index (χ0) is 13.1. The number of epoxide rings is 1. The molecule has 17 heavy (non-hydrogen) atoms. The maximum atomic E-state index is 6.49. The fraction of sp³-hybridized carbons (Fsp3) is 1.00. The van der Waals surface area contributed by atoms with Crippen LogP contribution < -0.4 is 0 Å².